The van der Waals surface area contributed by atoms with E-state index < -0.39 is 0 Å². The molecule has 1 fully saturated rings. The highest BCUT2D eigenvalue weighted by Gasteiger charge is 2.26. The summed E-state index contributed by atoms with van der Waals surface area (Å²) < 4.78 is 0. The first-order valence-corrected chi connectivity index (χ1v) is 7.62. The number of rotatable bonds is 6. The Balaban J connectivity index is 2.43. The number of nitrogens with zero attached hydrogens (tertiary/aromatic N) is 2. The van der Waals surface area contributed by atoms with Gasteiger partial charge < -0.3 is 4.90 Å². The van der Waals surface area contributed by atoms with Crippen LogP contribution in [0.15, 0.2) is 0 Å². The van der Waals surface area contributed by atoms with E-state index in [1.807, 2.05) is 18.7 Å². The third-order valence-corrected chi connectivity index (χ3v) is 3.88. The highest BCUT2D eigenvalue weighted by Crippen LogP contribution is 2.16. The molecule has 0 atom stereocenters. The quantitative estimate of drug-likeness (QED) is 0.727. The highest BCUT2D eigenvalue weighted by atomic mass is 16.2. The molecule has 3 heteroatoms. The van der Waals surface area contributed by atoms with Crippen molar-refractivity contribution >= 4 is 5.91 Å². The Morgan fingerprint density at radius 1 is 1.00 bits per heavy atom. The predicted molar refractivity (Wildman–Crippen MR) is 76.6 cm³/mol. The molecule has 0 aromatic heterocycles. The van der Waals surface area contributed by atoms with Gasteiger partial charge in [-0.05, 0) is 12.8 Å². The first-order valence-electron chi connectivity index (χ1n) is 7.62. The number of carbonyl (C=O) groups is 1. The van der Waals surface area contributed by atoms with Crippen molar-refractivity contribution in [1.82, 2.24) is 9.80 Å². The summed E-state index contributed by atoms with van der Waals surface area (Å²) in [5, 5.41) is 0. The lowest BCUT2D eigenvalue weighted by atomic mass is 10.0. The number of piperazine rings is 1. The molecule has 0 aliphatic carbocycles. The van der Waals surface area contributed by atoms with Crippen LogP contribution in [0.2, 0.25) is 0 Å². The summed E-state index contributed by atoms with van der Waals surface area (Å²) in [6, 6.07) is 0.733. The standard InChI is InChI=1S/C15H30N2O/c1-5-7-14(8-6-2)16-9-11-17(12-10-16)15(18)13(3)4/h13-14H,5-12H2,1-4H3. The van der Waals surface area contributed by atoms with Gasteiger partial charge in [0, 0.05) is 38.1 Å². The Bertz CT molecular complexity index is 239. The zero-order valence-corrected chi connectivity index (χ0v) is 12.6. The molecule has 0 saturated carbocycles. The van der Waals surface area contributed by atoms with Crippen molar-refractivity contribution in [2.75, 3.05) is 26.2 Å². The van der Waals surface area contributed by atoms with Gasteiger partial charge in [-0.25, -0.2) is 0 Å². The van der Waals surface area contributed by atoms with Crippen LogP contribution in [0, 0.1) is 5.92 Å². The van der Waals surface area contributed by atoms with Crippen LogP contribution in [0.25, 0.3) is 0 Å². The van der Waals surface area contributed by atoms with Crippen LogP contribution < -0.4 is 0 Å². The molecular weight excluding hydrogens is 224 g/mol. The van der Waals surface area contributed by atoms with Crippen LogP contribution in [0.5, 0.6) is 0 Å². The van der Waals surface area contributed by atoms with E-state index >= 15 is 0 Å². The molecule has 0 N–H and O–H groups in total. The van der Waals surface area contributed by atoms with Crippen LogP contribution in [0.3, 0.4) is 0 Å². The fourth-order valence-electron chi connectivity index (χ4n) is 2.85. The maximum Gasteiger partial charge on any atom is 0.225 e. The minimum absolute atomic E-state index is 0.138. The summed E-state index contributed by atoms with van der Waals surface area (Å²) in [6.45, 7) is 12.5. The number of amides is 1. The molecular formula is C15H30N2O. The zero-order valence-electron chi connectivity index (χ0n) is 12.6. The Hall–Kier alpha value is -0.570. The van der Waals surface area contributed by atoms with Gasteiger partial charge in [0.2, 0.25) is 5.91 Å². The summed E-state index contributed by atoms with van der Waals surface area (Å²) in [7, 11) is 0. The largest absolute Gasteiger partial charge is 0.340 e. The Kier molecular flexibility index (Phi) is 6.69. The van der Waals surface area contributed by atoms with Crippen molar-refractivity contribution in [1.29, 1.82) is 0 Å². The zero-order chi connectivity index (χ0) is 13.5. The minimum Gasteiger partial charge on any atom is -0.340 e. The molecule has 1 rings (SSSR count). The van der Waals surface area contributed by atoms with E-state index in [0.717, 1.165) is 32.2 Å². The van der Waals surface area contributed by atoms with E-state index in [1.54, 1.807) is 0 Å². The lowest BCUT2D eigenvalue weighted by molar-refractivity contribution is -0.136. The molecule has 106 valence electrons. The SMILES string of the molecule is CCCC(CCC)N1CCN(C(=O)C(C)C)CC1. The van der Waals surface area contributed by atoms with E-state index in [2.05, 4.69) is 18.7 Å². The maximum absolute atomic E-state index is 11.9. The van der Waals surface area contributed by atoms with Crippen molar-refractivity contribution in [3.8, 4) is 0 Å². The van der Waals surface area contributed by atoms with Crippen LogP contribution in [0.1, 0.15) is 53.4 Å². The lowest BCUT2D eigenvalue weighted by Crippen LogP contribution is -2.52. The van der Waals surface area contributed by atoms with Crippen LogP contribution in [-0.2, 0) is 4.79 Å². The summed E-state index contributed by atoms with van der Waals surface area (Å²) in [5.74, 6) is 0.454. The number of carbonyl (C=O) groups excluding carboxylic acids is 1. The van der Waals surface area contributed by atoms with Gasteiger partial charge >= 0.3 is 0 Å². The Morgan fingerprint density at radius 2 is 1.50 bits per heavy atom. The Morgan fingerprint density at radius 3 is 1.89 bits per heavy atom. The van der Waals surface area contributed by atoms with Gasteiger partial charge in [-0.1, -0.05) is 40.5 Å². The molecule has 1 amide bonds. The Labute approximate surface area is 113 Å². The molecule has 0 aromatic carbocycles. The van der Waals surface area contributed by atoms with E-state index in [1.165, 1.54) is 25.7 Å². The normalized spacial score (nSPS) is 17.8. The van der Waals surface area contributed by atoms with Crippen molar-refractivity contribution in [3.63, 3.8) is 0 Å². The van der Waals surface area contributed by atoms with Crippen LogP contribution in [-0.4, -0.2) is 47.9 Å². The molecule has 18 heavy (non-hydrogen) atoms. The van der Waals surface area contributed by atoms with Crippen molar-refractivity contribution < 1.29 is 4.79 Å². The molecule has 0 aromatic rings. The highest BCUT2D eigenvalue weighted by molar-refractivity contribution is 5.78. The summed E-state index contributed by atoms with van der Waals surface area (Å²) in [6.07, 6.45) is 5.11. The van der Waals surface area contributed by atoms with E-state index in [-0.39, 0.29) is 5.92 Å². The second-order valence-electron chi connectivity index (χ2n) is 5.75. The average molecular weight is 254 g/mol. The predicted octanol–water partition coefficient (Wildman–Crippen LogP) is 2.76. The average Bonchev–Trinajstić information content (AvgIpc) is 2.38. The number of hydrogen-bond acceptors (Lipinski definition) is 2. The molecule has 0 spiro atoms. The fraction of sp³-hybridized carbons (Fsp3) is 0.933. The topological polar surface area (TPSA) is 23.6 Å². The molecule has 1 aliphatic heterocycles. The minimum atomic E-state index is 0.138. The summed E-state index contributed by atoms with van der Waals surface area (Å²) in [5.41, 5.74) is 0. The second kappa shape index (κ2) is 7.78. The first-order chi connectivity index (χ1) is 8.60. The van der Waals surface area contributed by atoms with Crippen LogP contribution >= 0.6 is 0 Å². The molecule has 1 saturated heterocycles. The van der Waals surface area contributed by atoms with Gasteiger partial charge in [-0.3, -0.25) is 9.69 Å². The second-order valence-corrected chi connectivity index (χ2v) is 5.75. The number of hydrogen-bond donors (Lipinski definition) is 0. The molecule has 1 heterocycles. The van der Waals surface area contributed by atoms with Gasteiger partial charge in [-0.2, -0.15) is 0 Å². The van der Waals surface area contributed by atoms with Gasteiger partial charge in [-0.15, -0.1) is 0 Å². The molecule has 0 radical (unpaired) electrons. The van der Waals surface area contributed by atoms with Crippen molar-refractivity contribution in [2.24, 2.45) is 5.92 Å². The van der Waals surface area contributed by atoms with Gasteiger partial charge in [0.1, 0.15) is 0 Å². The molecule has 0 unspecified atom stereocenters. The maximum atomic E-state index is 11.9. The van der Waals surface area contributed by atoms with E-state index in [4.69, 9.17) is 0 Å². The lowest BCUT2D eigenvalue weighted by Gasteiger charge is -2.40. The molecule has 0 bridgehead atoms. The third kappa shape index (κ3) is 4.27. The molecule has 3 nitrogen and oxygen atoms in total. The first kappa shape index (κ1) is 15.5. The van der Waals surface area contributed by atoms with Gasteiger partial charge in [0.25, 0.3) is 0 Å². The van der Waals surface area contributed by atoms with Crippen molar-refractivity contribution in [2.45, 2.75) is 59.4 Å². The summed E-state index contributed by atoms with van der Waals surface area (Å²) in [4.78, 5) is 16.6. The van der Waals surface area contributed by atoms with E-state index in [9.17, 15) is 4.79 Å². The van der Waals surface area contributed by atoms with Gasteiger partial charge in [0.15, 0.2) is 0 Å². The fourth-order valence-corrected chi connectivity index (χ4v) is 2.85. The van der Waals surface area contributed by atoms with Crippen LogP contribution in [0.4, 0.5) is 0 Å². The monoisotopic (exact) mass is 254 g/mol. The molecule has 1 aliphatic rings. The third-order valence-electron chi connectivity index (χ3n) is 3.88. The van der Waals surface area contributed by atoms with E-state index in [0.29, 0.717) is 5.91 Å². The van der Waals surface area contributed by atoms with Crippen molar-refractivity contribution in [3.05, 3.63) is 0 Å². The van der Waals surface area contributed by atoms with Gasteiger partial charge in [0.05, 0.1) is 0 Å². The summed E-state index contributed by atoms with van der Waals surface area (Å²) >= 11 is 0. The smallest absolute Gasteiger partial charge is 0.225 e.